The van der Waals surface area contributed by atoms with E-state index in [1.807, 2.05) is 38.1 Å². The first-order chi connectivity index (χ1) is 9.19. The molecule has 3 heteroatoms. The van der Waals surface area contributed by atoms with Gasteiger partial charge in [-0.1, -0.05) is 43.3 Å². The van der Waals surface area contributed by atoms with E-state index in [1.165, 1.54) is 12.7 Å². The zero-order chi connectivity index (χ0) is 13.8. The van der Waals surface area contributed by atoms with E-state index in [2.05, 4.69) is 12.1 Å². The summed E-state index contributed by atoms with van der Waals surface area (Å²) in [5, 5.41) is 0. The molecule has 0 N–H and O–H groups in total. The van der Waals surface area contributed by atoms with Crippen molar-refractivity contribution in [2.45, 2.75) is 25.9 Å². The van der Waals surface area contributed by atoms with Crippen molar-refractivity contribution >= 4 is 5.97 Å². The lowest BCUT2D eigenvalue weighted by molar-refractivity contribution is -0.137. The lowest BCUT2D eigenvalue weighted by Crippen LogP contribution is -2.25. The van der Waals surface area contributed by atoms with E-state index >= 15 is 0 Å². The highest BCUT2D eigenvalue weighted by Gasteiger charge is 2.38. The fourth-order valence-corrected chi connectivity index (χ4v) is 2.70. The zero-order valence-corrected chi connectivity index (χ0v) is 11.6. The largest absolute Gasteiger partial charge is 0.466 e. The number of ether oxygens (including phenoxy) is 2. The van der Waals surface area contributed by atoms with Crippen LogP contribution in [-0.2, 0) is 14.3 Å². The molecule has 1 aromatic rings. The van der Waals surface area contributed by atoms with Crippen LogP contribution in [0.15, 0.2) is 42.0 Å². The highest BCUT2D eigenvalue weighted by molar-refractivity contribution is 5.90. The molecule has 0 bridgehead atoms. The molecule has 3 nitrogen and oxygen atoms in total. The molecule has 19 heavy (non-hydrogen) atoms. The van der Waals surface area contributed by atoms with Crippen LogP contribution < -0.4 is 0 Å². The smallest absolute Gasteiger partial charge is 0.333 e. The number of rotatable bonds is 4. The lowest BCUT2D eigenvalue weighted by Gasteiger charge is -2.24. The fraction of sp³-hybridized carbons (Fsp3) is 0.438. The minimum absolute atomic E-state index is 0.00139. The molecule has 0 fully saturated rings. The van der Waals surface area contributed by atoms with E-state index in [1.54, 1.807) is 0 Å². The third-order valence-electron chi connectivity index (χ3n) is 3.66. The number of carbonyl (C=O) groups is 1. The highest BCUT2D eigenvalue weighted by Crippen LogP contribution is 2.39. The van der Waals surface area contributed by atoms with Crippen LogP contribution in [0.4, 0.5) is 0 Å². The first-order valence-corrected chi connectivity index (χ1v) is 6.65. The van der Waals surface area contributed by atoms with Crippen molar-refractivity contribution in [2.24, 2.45) is 5.92 Å². The summed E-state index contributed by atoms with van der Waals surface area (Å²) in [6.45, 7) is 4.64. The van der Waals surface area contributed by atoms with Gasteiger partial charge in [-0.15, -0.1) is 0 Å². The van der Waals surface area contributed by atoms with E-state index in [4.69, 9.17) is 9.47 Å². The number of carbonyl (C=O) groups excluding carboxylic acids is 1. The van der Waals surface area contributed by atoms with Gasteiger partial charge in [0.1, 0.15) is 0 Å². The van der Waals surface area contributed by atoms with E-state index in [9.17, 15) is 4.79 Å². The first-order valence-electron chi connectivity index (χ1n) is 6.65. The van der Waals surface area contributed by atoms with Crippen LogP contribution in [0.1, 0.15) is 25.3 Å². The Labute approximate surface area is 114 Å². The molecule has 0 amide bonds. The van der Waals surface area contributed by atoms with Crippen LogP contribution in [0.3, 0.4) is 0 Å². The molecule has 0 saturated carbocycles. The molecule has 0 aliphatic heterocycles. The minimum Gasteiger partial charge on any atom is -0.466 e. The molecule has 0 saturated heterocycles. The Morgan fingerprint density at radius 2 is 1.95 bits per heavy atom. The molecule has 0 aromatic heterocycles. The van der Waals surface area contributed by atoms with Crippen LogP contribution >= 0.6 is 0 Å². The second-order valence-corrected chi connectivity index (χ2v) is 4.76. The average Bonchev–Trinajstić information content (AvgIpc) is 2.77. The number of benzene rings is 1. The monoisotopic (exact) mass is 260 g/mol. The van der Waals surface area contributed by atoms with Gasteiger partial charge >= 0.3 is 5.97 Å². The molecule has 102 valence electrons. The number of esters is 1. The summed E-state index contributed by atoms with van der Waals surface area (Å²) in [4.78, 5) is 11.8. The van der Waals surface area contributed by atoms with E-state index in [-0.39, 0.29) is 23.9 Å². The van der Waals surface area contributed by atoms with Crippen molar-refractivity contribution in [3.63, 3.8) is 0 Å². The summed E-state index contributed by atoms with van der Waals surface area (Å²) in [5.41, 5.74) is 1.89. The highest BCUT2D eigenvalue weighted by atomic mass is 16.5. The van der Waals surface area contributed by atoms with Crippen LogP contribution in [0, 0.1) is 5.92 Å². The van der Waals surface area contributed by atoms with Gasteiger partial charge < -0.3 is 9.47 Å². The molecule has 1 aliphatic rings. The fourth-order valence-electron chi connectivity index (χ4n) is 2.70. The van der Waals surface area contributed by atoms with Gasteiger partial charge in [0.25, 0.3) is 0 Å². The number of methoxy groups -OCH3 is 1. The van der Waals surface area contributed by atoms with E-state index in [0.717, 1.165) is 5.57 Å². The number of hydrogen-bond acceptors (Lipinski definition) is 3. The molecule has 0 radical (unpaired) electrons. The van der Waals surface area contributed by atoms with Crippen molar-refractivity contribution in [1.82, 2.24) is 0 Å². The van der Waals surface area contributed by atoms with Crippen molar-refractivity contribution in [1.29, 1.82) is 0 Å². The zero-order valence-electron chi connectivity index (χ0n) is 11.6. The first kappa shape index (κ1) is 13.8. The van der Waals surface area contributed by atoms with Gasteiger partial charge in [-0.25, -0.2) is 4.79 Å². The molecule has 0 spiro atoms. The van der Waals surface area contributed by atoms with Gasteiger partial charge in [-0.2, -0.15) is 0 Å². The maximum Gasteiger partial charge on any atom is 0.333 e. The Kier molecular flexibility index (Phi) is 4.38. The molecule has 3 atom stereocenters. The Balaban J connectivity index is 2.33. The topological polar surface area (TPSA) is 35.5 Å². The molecule has 2 rings (SSSR count). The van der Waals surface area contributed by atoms with Crippen molar-refractivity contribution in [2.75, 3.05) is 13.7 Å². The van der Waals surface area contributed by atoms with Gasteiger partial charge in [-0.3, -0.25) is 0 Å². The maximum absolute atomic E-state index is 11.8. The Hall–Kier alpha value is -1.61. The van der Waals surface area contributed by atoms with Crippen LogP contribution in [0.25, 0.3) is 0 Å². The molecule has 0 heterocycles. The Morgan fingerprint density at radius 1 is 1.26 bits per heavy atom. The second kappa shape index (κ2) is 6.02. The molecule has 0 unspecified atom stereocenters. The summed E-state index contributed by atoms with van der Waals surface area (Å²) in [6.07, 6.45) is 1.99. The van der Waals surface area contributed by atoms with Gasteiger partial charge in [0, 0.05) is 24.0 Å². The third kappa shape index (κ3) is 2.71. The standard InChI is InChI=1S/C16H20O3/c1-4-19-15-11(2)13(16(17)18-3)10-14(15)12-8-6-5-7-9-12/h5-11,14-15H,4H2,1-3H3/t11-,14+,15-/m1/s1. The summed E-state index contributed by atoms with van der Waals surface area (Å²) in [7, 11) is 1.42. The van der Waals surface area contributed by atoms with Gasteiger partial charge in [0.15, 0.2) is 0 Å². The van der Waals surface area contributed by atoms with Gasteiger partial charge in [0.05, 0.1) is 13.2 Å². The van der Waals surface area contributed by atoms with Crippen LogP contribution in [-0.4, -0.2) is 25.8 Å². The predicted molar refractivity (Wildman–Crippen MR) is 73.9 cm³/mol. The van der Waals surface area contributed by atoms with Crippen molar-refractivity contribution in [3.8, 4) is 0 Å². The van der Waals surface area contributed by atoms with Crippen LogP contribution in [0.2, 0.25) is 0 Å². The second-order valence-electron chi connectivity index (χ2n) is 4.76. The quantitative estimate of drug-likeness (QED) is 0.781. The van der Waals surface area contributed by atoms with Gasteiger partial charge in [-0.05, 0) is 12.5 Å². The minimum atomic E-state index is -0.254. The summed E-state index contributed by atoms with van der Waals surface area (Å²) >= 11 is 0. The van der Waals surface area contributed by atoms with E-state index < -0.39 is 0 Å². The lowest BCUT2D eigenvalue weighted by atomic mass is 9.92. The molecule has 1 aliphatic carbocycles. The van der Waals surface area contributed by atoms with Crippen molar-refractivity contribution in [3.05, 3.63) is 47.5 Å². The molecular weight excluding hydrogens is 240 g/mol. The Morgan fingerprint density at radius 3 is 2.53 bits per heavy atom. The van der Waals surface area contributed by atoms with Gasteiger partial charge in [0.2, 0.25) is 0 Å². The van der Waals surface area contributed by atoms with Crippen LogP contribution in [0.5, 0.6) is 0 Å². The Bertz CT molecular complexity index is 464. The summed E-state index contributed by atoms with van der Waals surface area (Å²) < 4.78 is 10.7. The third-order valence-corrected chi connectivity index (χ3v) is 3.66. The van der Waals surface area contributed by atoms with Crippen molar-refractivity contribution < 1.29 is 14.3 Å². The molecular formula is C16H20O3. The molecule has 1 aromatic carbocycles. The summed E-state index contributed by atoms with van der Waals surface area (Å²) in [6, 6.07) is 10.1. The SMILES string of the molecule is CCO[C@@H]1[C@H](C)C(C(=O)OC)=C[C@H]1c1ccccc1. The average molecular weight is 260 g/mol. The summed E-state index contributed by atoms with van der Waals surface area (Å²) in [5.74, 6) is -0.0847. The van der Waals surface area contributed by atoms with E-state index in [0.29, 0.717) is 6.61 Å². The number of hydrogen-bond donors (Lipinski definition) is 0. The maximum atomic E-state index is 11.8. The normalized spacial score (nSPS) is 26.1. The predicted octanol–water partition coefficient (Wildman–Crippen LogP) is 2.92.